The summed E-state index contributed by atoms with van der Waals surface area (Å²) in [5.41, 5.74) is 3.01. The molecule has 3 rings (SSSR count). The zero-order valence-electron chi connectivity index (χ0n) is 16.1. The van der Waals surface area contributed by atoms with Gasteiger partial charge in [0.15, 0.2) is 5.54 Å². The van der Waals surface area contributed by atoms with Crippen molar-refractivity contribution in [3.05, 3.63) is 71.8 Å². The molecule has 0 aromatic heterocycles. The Labute approximate surface area is 165 Å². The molecule has 0 aliphatic heterocycles. The number of aliphatic carboxylic acids is 1. The molecule has 0 unspecified atom stereocenters. The van der Waals surface area contributed by atoms with E-state index in [0.717, 1.165) is 35.1 Å². The Morgan fingerprint density at radius 2 is 1.68 bits per heavy atom. The normalized spacial score (nSPS) is 14.9. The van der Waals surface area contributed by atoms with Gasteiger partial charge in [-0.1, -0.05) is 74.0 Å². The molecule has 0 heterocycles. The van der Waals surface area contributed by atoms with E-state index in [4.69, 9.17) is 4.74 Å². The van der Waals surface area contributed by atoms with Crippen LogP contribution >= 0.6 is 0 Å². The summed E-state index contributed by atoms with van der Waals surface area (Å²) in [6, 6.07) is 16.1. The van der Waals surface area contributed by atoms with Gasteiger partial charge in [-0.2, -0.15) is 0 Å². The summed E-state index contributed by atoms with van der Waals surface area (Å²) in [5.74, 6) is -1.20. The summed E-state index contributed by atoms with van der Waals surface area (Å²) in [6.07, 6.45) is 4.16. The first-order valence-corrected chi connectivity index (χ1v) is 9.50. The number of carbonyl (C=O) groups excluding carboxylic acids is 1. The Balaban J connectivity index is 1.72. The van der Waals surface area contributed by atoms with Crippen molar-refractivity contribution in [3.8, 4) is 11.1 Å². The highest BCUT2D eigenvalue weighted by Crippen LogP contribution is 2.44. The van der Waals surface area contributed by atoms with Crippen LogP contribution in [-0.4, -0.2) is 29.3 Å². The molecule has 1 atom stereocenters. The largest absolute Gasteiger partial charge is 0.479 e. The second kappa shape index (κ2) is 8.30. The maximum Gasteiger partial charge on any atom is 0.408 e. The molecule has 1 aliphatic carbocycles. The maximum absolute atomic E-state index is 12.3. The van der Waals surface area contributed by atoms with Crippen LogP contribution in [0.5, 0.6) is 0 Å². The highest BCUT2D eigenvalue weighted by atomic mass is 16.5. The minimum atomic E-state index is -1.50. The molecule has 0 bridgehead atoms. The van der Waals surface area contributed by atoms with Gasteiger partial charge in [-0.25, -0.2) is 9.59 Å². The van der Waals surface area contributed by atoms with Gasteiger partial charge in [-0.3, -0.25) is 0 Å². The number of ether oxygens (including phenoxy) is 1. The lowest BCUT2D eigenvalue weighted by atomic mass is 9.98. The van der Waals surface area contributed by atoms with E-state index in [1.54, 1.807) is 6.08 Å². The number of fused-ring (bicyclic) bond motifs is 3. The van der Waals surface area contributed by atoms with Gasteiger partial charge in [0.1, 0.15) is 6.61 Å². The fourth-order valence-corrected chi connectivity index (χ4v) is 3.50. The molecule has 1 amide bonds. The molecule has 1 aliphatic rings. The van der Waals surface area contributed by atoms with Crippen molar-refractivity contribution in [1.82, 2.24) is 5.32 Å². The minimum Gasteiger partial charge on any atom is -0.479 e. The predicted molar refractivity (Wildman–Crippen MR) is 108 cm³/mol. The fourth-order valence-electron chi connectivity index (χ4n) is 3.50. The van der Waals surface area contributed by atoms with Crippen LogP contribution < -0.4 is 5.32 Å². The number of allylic oxidation sites excluding steroid dienone is 1. The highest BCUT2D eigenvalue weighted by Gasteiger charge is 2.34. The molecule has 5 heteroatoms. The van der Waals surface area contributed by atoms with Gasteiger partial charge in [0.25, 0.3) is 0 Å². The van der Waals surface area contributed by atoms with Crippen molar-refractivity contribution in [2.45, 2.75) is 38.1 Å². The van der Waals surface area contributed by atoms with Crippen LogP contribution in [0.15, 0.2) is 60.7 Å². The van der Waals surface area contributed by atoms with E-state index in [1.165, 1.54) is 13.0 Å². The number of amides is 1. The van der Waals surface area contributed by atoms with Crippen LogP contribution in [0, 0.1) is 0 Å². The molecular formula is C23H25NO4. The summed E-state index contributed by atoms with van der Waals surface area (Å²) in [5, 5.41) is 12.0. The molecule has 0 radical (unpaired) electrons. The van der Waals surface area contributed by atoms with Gasteiger partial charge in [0.2, 0.25) is 0 Å². The summed E-state index contributed by atoms with van der Waals surface area (Å²) in [6.45, 7) is 3.60. The van der Waals surface area contributed by atoms with Crippen molar-refractivity contribution in [1.29, 1.82) is 0 Å². The van der Waals surface area contributed by atoms with Crippen molar-refractivity contribution < 1.29 is 19.4 Å². The average Bonchev–Trinajstić information content (AvgIpc) is 3.00. The number of carboxylic acids is 1. The van der Waals surface area contributed by atoms with Crippen molar-refractivity contribution >= 4 is 12.1 Å². The van der Waals surface area contributed by atoms with Gasteiger partial charge in [-0.15, -0.1) is 0 Å². The Bertz CT molecular complexity index is 859. The van der Waals surface area contributed by atoms with Crippen molar-refractivity contribution in [2.24, 2.45) is 0 Å². The van der Waals surface area contributed by atoms with Crippen LogP contribution in [0.25, 0.3) is 11.1 Å². The predicted octanol–water partition coefficient (Wildman–Crippen LogP) is 4.72. The number of hydrogen-bond donors (Lipinski definition) is 2. The summed E-state index contributed by atoms with van der Waals surface area (Å²) in [7, 11) is 0. The number of nitrogens with one attached hydrogen (secondary N) is 1. The van der Waals surface area contributed by atoms with Gasteiger partial charge >= 0.3 is 12.1 Å². The SMILES string of the molecule is CCCC=C[C@](C)(NC(=O)OCC1c2ccccc2-c2ccccc21)C(=O)O. The number of unbranched alkanes of at least 4 members (excludes halogenated alkanes) is 1. The van der Waals surface area contributed by atoms with E-state index in [0.29, 0.717) is 0 Å². The first-order chi connectivity index (χ1) is 13.5. The van der Waals surface area contributed by atoms with E-state index in [-0.39, 0.29) is 12.5 Å². The zero-order chi connectivity index (χ0) is 20.1. The number of hydrogen-bond acceptors (Lipinski definition) is 3. The van der Waals surface area contributed by atoms with E-state index in [2.05, 4.69) is 17.4 Å². The third-order valence-corrected chi connectivity index (χ3v) is 5.06. The molecule has 0 fully saturated rings. The van der Waals surface area contributed by atoms with Crippen LogP contribution in [0.1, 0.15) is 43.7 Å². The third-order valence-electron chi connectivity index (χ3n) is 5.06. The molecule has 0 saturated carbocycles. The fraction of sp³-hybridized carbons (Fsp3) is 0.304. The summed E-state index contributed by atoms with van der Waals surface area (Å²) >= 11 is 0. The zero-order valence-corrected chi connectivity index (χ0v) is 16.1. The lowest BCUT2D eigenvalue weighted by Crippen LogP contribution is -2.51. The average molecular weight is 379 g/mol. The van der Waals surface area contributed by atoms with Gasteiger partial charge in [-0.05, 0) is 35.6 Å². The molecule has 0 saturated heterocycles. The van der Waals surface area contributed by atoms with Crippen molar-refractivity contribution in [3.63, 3.8) is 0 Å². The number of alkyl carbamates (subject to hydrolysis) is 1. The maximum atomic E-state index is 12.3. The smallest absolute Gasteiger partial charge is 0.408 e. The Hall–Kier alpha value is -3.08. The van der Waals surface area contributed by atoms with Gasteiger partial charge in [0.05, 0.1) is 0 Å². The molecule has 28 heavy (non-hydrogen) atoms. The lowest BCUT2D eigenvalue weighted by molar-refractivity contribution is -0.141. The minimum absolute atomic E-state index is 0.0649. The number of carbonyl (C=O) groups is 2. The van der Waals surface area contributed by atoms with E-state index in [1.807, 2.05) is 43.3 Å². The van der Waals surface area contributed by atoms with E-state index in [9.17, 15) is 14.7 Å². The molecule has 0 spiro atoms. The highest BCUT2D eigenvalue weighted by molar-refractivity contribution is 5.86. The topological polar surface area (TPSA) is 75.6 Å². The Morgan fingerprint density at radius 3 is 2.21 bits per heavy atom. The lowest BCUT2D eigenvalue weighted by Gasteiger charge is -2.23. The molecule has 2 aromatic carbocycles. The Kier molecular flexibility index (Phi) is 5.83. The molecular weight excluding hydrogens is 354 g/mol. The van der Waals surface area contributed by atoms with Gasteiger partial charge < -0.3 is 15.2 Å². The summed E-state index contributed by atoms with van der Waals surface area (Å²) in [4.78, 5) is 24.0. The summed E-state index contributed by atoms with van der Waals surface area (Å²) < 4.78 is 5.44. The van der Waals surface area contributed by atoms with E-state index < -0.39 is 17.6 Å². The molecule has 5 nitrogen and oxygen atoms in total. The quantitative estimate of drug-likeness (QED) is 0.682. The van der Waals surface area contributed by atoms with Crippen LogP contribution in [0.4, 0.5) is 4.79 Å². The number of rotatable bonds is 7. The molecule has 2 N–H and O–H groups in total. The van der Waals surface area contributed by atoms with Crippen LogP contribution in [-0.2, 0) is 9.53 Å². The van der Waals surface area contributed by atoms with Crippen LogP contribution in [0.3, 0.4) is 0 Å². The third kappa shape index (κ3) is 3.93. The van der Waals surface area contributed by atoms with Crippen molar-refractivity contribution in [2.75, 3.05) is 6.61 Å². The molecule has 146 valence electrons. The molecule has 2 aromatic rings. The second-order valence-corrected chi connectivity index (χ2v) is 7.15. The number of carboxylic acid groups (broad SMARTS) is 1. The first kappa shape index (κ1) is 19.7. The standard InChI is InChI=1S/C23H25NO4/c1-3-4-9-14-23(2,21(25)26)24-22(27)28-15-20-18-12-7-5-10-16(18)17-11-6-8-13-19(17)20/h5-14,20H,3-4,15H2,1-2H3,(H,24,27)(H,25,26)/t23-/m0/s1. The second-order valence-electron chi connectivity index (χ2n) is 7.15. The van der Waals surface area contributed by atoms with Crippen LogP contribution in [0.2, 0.25) is 0 Å². The monoisotopic (exact) mass is 379 g/mol. The number of benzene rings is 2. The first-order valence-electron chi connectivity index (χ1n) is 9.50. The van der Waals surface area contributed by atoms with E-state index >= 15 is 0 Å². The Morgan fingerprint density at radius 1 is 1.11 bits per heavy atom. The van der Waals surface area contributed by atoms with Gasteiger partial charge in [0, 0.05) is 5.92 Å².